The van der Waals surface area contributed by atoms with Crippen LogP contribution in [0.2, 0.25) is 0 Å². The number of rotatable bonds is 3. The zero-order valence-electron chi connectivity index (χ0n) is 11.6. The molecule has 1 aliphatic rings. The summed E-state index contributed by atoms with van der Waals surface area (Å²) >= 11 is 0. The van der Waals surface area contributed by atoms with Crippen LogP contribution < -0.4 is 0 Å². The fourth-order valence-electron chi connectivity index (χ4n) is 3.24. The molecule has 2 rings (SSSR count). The first kappa shape index (κ1) is 13.1. The van der Waals surface area contributed by atoms with Crippen LogP contribution in [0, 0.1) is 5.92 Å². The Balaban J connectivity index is 2.55. The van der Waals surface area contributed by atoms with Crippen LogP contribution in [-0.4, -0.2) is 5.78 Å². The number of allylic oxidation sites excluding steroid dienone is 2. The van der Waals surface area contributed by atoms with Gasteiger partial charge in [0.05, 0.1) is 0 Å². The maximum absolute atomic E-state index is 11.7. The number of carbonyl (C=O) groups excluding carboxylic acids is 1. The Bertz CT molecular complexity index is 456. The molecule has 0 aliphatic heterocycles. The molecule has 0 N–H and O–H groups in total. The molecule has 0 saturated heterocycles. The SMILES string of the molecule is CC[C@]1(c2ccccc2)CCC(=O)C=C1C(C)C. The van der Waals surface area contributed by atoms with Crippen molar-refractivity contribution in [2.75, 3.05) is 0 Å². The van der Waals surface area contributed by atoms with Crippen LogP contribution >= 0.6 is 0 Å². The lowest BCUT2D eigenvalue weighted by Gasteiger charge is -2.40. The first-order valence-corrected chi connectivity index (χ1v) is 6.90. The topological polar surface area (TPSA) is 17.1 Å². The maximum Gasteiger partial charge on any atom is 0.155 e. The number of hydrogen-bond donors (Lipinski definition) is 0. The first-order valence-electron chi connectivity index (χ1n) is 6.90. The maximum atomic E-state index is 11.7. The fourth-order valence-corrected chi connectivity index (χ4v) is 3.24. The van der Waals surface area contributed by atoms with Gasteiger partial charge in [0.2, 0.25) is 0 Å². The third-order valence-corrected chi connectivity index (χ3v) is 4.22. The monoisotopic (exact) mass is 242 g/mol. The summed E-state index contributed by atoms with van der Waals surface area (Å²) < 4.78 is 0. The van der Waals surface area contributed by atoms with E-state index in [9.17, 15) is 4.79 Å². The zero-order chi connectivity index (χ0) is 13.2. The van der Waals surface area contributed by atoms with Crippen molar-refractivity contribution in [1.82, 2.24) is 0 Å². The summed E-state index contributed by atoms with van der Waals surface area (Å²) in [5.41, 5.74) is 2.75. The van der Waals surface area contributed by atoms with Gasteiger partial charge in [-0.2, -0.15) is 0 Å². The quantitative estimate of drug-likeness (QED) is 0.773. The van der Waals surface area contributed by atoms with Gasteiger partial charge in [0.15, 0.2) is 5.78 Å². The Hall–Kier alpha value is -1.37. The Morgan fingerprint density at radius 2 is 1.89 bits per heavy atom. The summed E-state index contributed by atoms with van der Waals surface area (Å²) in [6.07, 6.45) is 4.61. The molecule has 0 amide bonds. The van der Waals surface area contributed by atoms with Crippen molar-refractivity contribution in [2.45, 2.75) is 45.4 Å². The summed E-state index contributed by atoms with van der Waals surface area (Å²) in [5, 5.41) is 0. The van der Waals surface area contributed by atoms with Gasteiger partial charge in [-0.1, -0.05) is 56.7 Å². The molecule has 0 radical (unpaired) electrons. The minimum Gasteiger partial charge on any atom is -0.295 e. The van der Waals surface area contributed by atoms with Gasteiger partial charge in [0.25, 0.3) is 0 Å². The minimum absolute atomic E-state index is 0.0728. The fraction of sp³-hybridized carbons (Fsp3) is 0.471. The molecule has 0 spiro atoms. The predicted octanol–water partition coefficient (Wildman–Crippen LogP) is 4.28. The molecule has 0 fully saturated rings. The summed E-state index contributed by atoms with van der Waals surface area (Å²) in [4.78, 5) is 11.7. The van der Waals surface area contributed by atoms with E-state index >= 15 is 0 Å². The van der Waals surface area contributed by atoms with E-state index in [0.29, 0.717) is 18.1 Å². The lowest BCUT2D eigenvalue weighted by atomic mass is 9.63. The average molecular weight is 242 g/mol. The van der Waals surface area contributed by atoms with Gasteiger partial charge in [-0.25, -0.2) is 0 Å². The smallest absolute Gasteiger partial charge is 0.155 e. The van der Waals surface area contributed by atoms with Crippen LogP contribution in [0.15, 0.2) is 42.0 Å². The van der Waals surface area contributed by atoms with E-state index in [0.717, 1.165) is 12.8 Å². The van der Waals surface area contributed by atoms with E-state index in [-0.39, 0.29) is 5.41 Å². The van der Waals surface area contributed by atoms with Crippen LogP contribution in [-0.2, 0) is 10.2 Å². The van der Waals surface area contributed by atoms with Crippen LogP contribution in [0.1, 0.15) is 45.6 Å². The molecule has 0 bridgehead atoms. The van der Waals surface area contributed by atoms with E-state index in [4.69, 9.17) is 0 Å². The number of carbonyl (C=O) groups is 1. The van der Waals surface area contributed by atoms with Gasteiger partial charge in [0, 0.05) is 11.8 Å². The Labute approximate surface area is 110 Å². The van der Waals surface area contributed by atoms with Crippen LogP contribution in [0.25, 0.3) is 0 Å². The van der Waals surface area contributed by atoms with Crippen molar-refractivity contribution in [3.63, 3.8) is 0 Å². The second-order valence-electron chi connectivity index (χ2n) is 5.52. The Morgan fingerprint density at radius 3 is 2.44 bits per heavy atom. The lowest BCUT2D eigenvalue weighted by Crippen LogP contribution is -2.34. The van der Waals surface area contributed by atoms with Crippen LogP contribution in [0.4, 0.5) is 0 Å². The Morgan fingerprint density at radius 1 is 1.22 bits per heavy atom. The molecule has 18 heavy (non-hydrogen) atoms. The molecular weight excluding hydrogens is 220 g/mol. The van der Waals surface area contributed by atoms with Crippen molar-refractivity contribution in [3.8, 4) is 0 Å². The van der Waals surface area contributed by atoms with Gasteiger partial charge in [-0.3, -0.25) is 4.79 Å². The number of ketones is 1. The second kappa shape index (κ2) is 5.09. The van der Waals surface area contributed by atoms with Crippen molar-refractivity contribution >= 4 is 5.78 Å². The highest BCUT2D eigenvalue weighted by Crippen LogP contribution is 2.45. The van der Waals surface area contributed by atoms with Crippen molar-refractivity contribution in [1.29, 1.82) is 0 Å². The first-order chi connectivity index (χ1) is 8.60. The number of hydrogen-bond acceptors (Lipinski definition) is 1. The molecular formula is C17H22O. The van der Waals surface area contributed by atoms with Gasteiger partial charge < -0.3 is 0 Å². The third kappa shape index (κ3) is 2.14. The Kier molecular flexibility index (Phi) is 3.70. The van der Waals surface area contributed by atoms with E-state index in [2.05, 4.69) is 51.1 Å². The molecule has 1 atom stereocenters. The molecule has 1 aliphatic carbocycles. The third-order valence-electron chi connectivity index (χ3n) is 4.22. The highest BCUT2D eigenvalue weighted by molar-refractivity contribution is 5.92. The van der Waals surface area contributed by atoms with E-state index in [1.54, 1.807) is 0 Å². The predicted molar refractivity (Wildman–Crippen MR) is 75.6 cm³/mol. The molecule has 0 unspecified atom stereocenters. The highest BCUT2D eigenvalue weighted by Gasteiger charge is 2.38. The van der Waals surface area contributed by atoms with Crippen LogP contribution in [0.5, 0.6) is 0 Å². The molecule has 1 heteroatoms. The van der Waals surface area contributed by atoms with Crippen molar-refractivity contribution in [3.05, 3.63) is 47.5 Å². The molecule has 1 aromatic carbocycles. The number of benzene rings is 1. The molecule has 0 aromatic heterocycles. The molecule has 1 aromatic rings. The second-order valence-corrected chi connectivity index (χ2v) is 5.52. The van der Waals surface area contributed by atoms with E-state index in [1.165, 1.54) is 11.1 Å². The van der Waals surface area contributed by atoms with Gasteiger partial charge in [-0.05, 0) is 30.4 Å². The largest absolute Gasteiger partial charge is 0.295 e. The van der Waals surface area contributed by atoms with Crippen molar-refractivity contribution < 1.29 is 4.79 Å². The molecule has 96 valence electrons. The standard InChI is InChI=1S/C17H22O/c1-4-17(14-8-6-5-7-9-14)11-10-15(18)12-16(17)13(2)3/h5-9,12-13H,4,10-11H2,1-3H3/t17-/m1/s1. The summed E-state index contributed by atoms with van der Waals surface area (Å²) in [6, 6.07) is 10.7. The van der Waals surface area contributed by atoms with Crippen LogP contribution in [0.3, 0.4) is 0 Å². The van der Waals surface area contributed by atoms with Gasteiger partial charge >= 0.3 is 0 Å². The minimum atomic E-state index is 0.0728. The average Bonchev–Trinajstić information content (AvgIpc) is 2.40. The normalized spacial score (nSPS) is 24.2. The highest BCUT2D eigenvalue weighted by atomic mass is 16.1. The van der Waals surface area contributed by atoms with Gasteiger partial charge in [-0.15, -0.1) is 0 Å². The lowest BCUT2D eigenvalue weighted by molar-refractivity contribution is -0.115. The molecule has 1 nitrogen and oxygen atoms in total. The van der Waals surface area contributed by atoms with E-state index < -0.39 is 0 Å². The molecule has 0 saturated carbocycles. The summed E-state index contributed by atoms with van der Waals surface area (Å²) in [5.74, 6) is 0.716. The van der Waals surface area contributed by atoms with E-state index in [1.807, 2.05) is 6.08 Å². The van der Waals surface area contributed by atoms with Gasteiger partial charge in [0.1, 0.15) is 0 Å². The molecule has 0 heterocycles. The van der Waals surface area contributed by atoms with Crippen molar-refractivity contribution in [2.24, 2.45) is 5.92 Å². The summed E-state index contributed by atoms with van der Waals surface area (Å²) in [6.45, 7) is 6.62. The zero-order valence-corrected chi connectivity index (χ0v) is 11.6. The summed E-state index contributed by atoms with van der Waals surface area (Å²) in [7, 11) is 0.